The lowest BCUT2D eigenvalue weighted by atomic mass is 9.89. The van der Waals surface area contributed by atoms with Crippen LogP contribution in [0, 0.1) is 5.92 Å². The number of nitrogens with zero attached hydrogens (tertiary/aromatic N) is 1. The molecule has 0 aromatic heterocycles. The zero-order valence-electron chi connectivity index (χ0n) is 14.5. The Morgan fingerprint density at radius 1 is 1.33 bits per heavy atom. The molecule has 1 atom stereocenters. The zero-order valence-corrected chi connectivity index (χ0v) is 15.3. The summed E-state index contributed by atoms with van der Waals surface area (Å²) in [6, 6.07) is 8.64. The maximum Gasteiger partial charge on any atom is 0.224 e. The van der Waals surface area contributed by atoms with Crippen molar-refractivity contribution < 1.29 is 9.53 Å². The first kappa shape index (κ1) is 17.6. The molecule has 24 heavy (non-hydrogen) atoms. The number of thioether (sulfide) groups is 1. The molecule has 0 bridgehead atoms. The van der Waals surface area contributed by atoms with Gasteiger partial charge in [0.1, 0.15) is 5.75 Å². The second-order valence-electron chi connectivity index (χ2n) is 6.77. The van der Waals surface area contributed by atoms with Crippen molar-refractivity contribution in [2.24, 2.45) is 5.92 Å². The Bertz CT molecular complexity index is 538. The molecule has 3 rings (SSSR count). The SMILES string of the molecule is COc1ccccc1CC1CCN(C(=O)CC2CSCCN2)CC1. The van der Waals surface area contributed by atoms with Gasteiger partial charge in [0.15, 0.2) is 0 Å². The molecule has 2 aliphatic heterocycles. The van der Waals surface area contributed by atoms with Crippen LogP contribution in [0.2, 0.25) is 0 Å². The van der Waals surface area contributed by atoms with Gasteiger partial charge in [-0.1, -0.05) is 18.2 Å². The first-order valence-corrected chi connectivity index (χ1v) is 10.1. The van der Waals surface area contributed by atoms with Crippen molar-refractivity contribution in [3.05, 3.63) is 29.8 Å². The molecule has 2 aliphatic rings. The van der Waals surface area contributed by atoms with Gasteiger partial charge < -0.3 is 15.0 Å². The fourth-order valence-electron chi connectivity index (χ4n) is 3.66. The van der Waals surface area contributed by atoms with Crippen molar-refractivity contribution in [3.8, 4) is 5.75 Å². The highest BCUT2D eigenvalue weighted by Crippen LogP contribution is 2.27. The van der Waals surface area contributed by atoms with Gasteiger partial charge in [0.2, 0.25) is 5.91 Å². The van der Waals surface area contributed by atoms with Crippen LogP contribution in [0.25, 0.3) is 0 Å². The van der Waals surface area contributed by atoms with E-state index in [4.69, 9.17) is 4.74 Å². The zero-order chi connectivity index (χ0) is 16.8. The average Bonchev–Trinajstić information content (AvgIpc) is 2.63. The van der Waals surface area contributed by atoms with Crippen molar-refractivity contribution >= 4 is 17.7 Å². The predicted molar refractivity (Wildman–Crippen MR) is 99.7 cm³/mol. The van der Waals surface area contributed by atoms with E-state index in [-0.39, 0.29) is 0 Å². The Labute approximate surface area is 149 Å². The molecule has 1 N–H and O–H groups in total. The first-order valence-electron chi connectivity index (χ1n) is 8.97. The van der Waals surface area contributed by atoms with E-state index >= 15 is 0 Å². The normalized spacial score (nSPS) is 22.4. The number of ether oxygens (including phenoxy) is 1. The molecule has 1 aromatic rings. The molecule has 2 fully saturated rings. The molecule has 4 nitrogen and oxygen atoms in total. The Morgan fingerprint density at radius 2 is 2.12 bits per heavy atom. The Morgan fingerprint density at radius 3 is 2.83 bits per heavy atom. The summed E-state index contributed by atoms with van der Waals surface area (Å²) in [4.78, 5) is 14.6. The summed E-state index contributed by atoms with van der Waals surface area (Å²) >= 11 is 1.95. The molecule has 0 saturated carbocycles. The number of rotatable bonds is 5. The Kier molecular flexibility index (Phi) is 6.44. The second kappa shape index (κ2) is 8.77. The van der Waals surface area contributed by atoms with Gasteiger partial charge in [0.25, 0.3) is 0 Å². The minimum absolute atomic E-state index is 0.325. The van der Waals surface area contributed by atoms with E-state index < -0.39 is 0 Å². The quantitative estimate of drug-likeness (QED) is 0.888. The largest absolute Gasteiger partial charge is 0.496 e. The minimum atomic E-state index is 0.325. The number of carbonyl (C=O) groups excluding carboxylic acids is 1. The summed E-state index contributed by atoms with van der Waals surface area (Å²) in [6.07, 6.45) is 3.89. The maximum absolute atomic E-state index is 12.5. The van der Waals surface area contributed by atoms with E-state index in [9.17, 15) is 4.79 Å². The van der Waals surface area contributed by atoms with Crippen molar-refractivity contribution in [3.63, 3.8) is 0 Å². The van der Waals surface area contributed by atoms with Gasteiger partial charge in [-0.05, 0) is 36.8 Å². The molecular formula is C19H28N2O2S. The third-order valence-electron chi connectivity index (χ3n) is 5.09. The number of carbonyl (C=O) groups is 1. The van der Waals surface area contributed by atoms with E-state index in [1.807, 2.05) is 23.9 Å². The highest BCUT2D eigenvalue weighted by atomic mass is 32.2. The van der Waals surface area contributed by atoms with E-state index in [2.05, 4.69) is 22.3 Å². The number of hydrogen-bond acceptors (Lipinski definition) is 4. The standard InChI is InChI=1S/C19H28N2O2S/c1-23-18-5-3-2-4-16(18)12-15-6-9-21(10-7-15)19(22)13-17-14-24-11-8-20-17/h2-5,15,17,20H,6-14H2,1H3. The number of para-hydroxylation sites is 1. The van der Waals surface area contributed by atoms with Gasteiger partial charge in [-0.2, -0.15) is 11.8 Å². The fraction of sp³-hybridized carbons (Fsp3) is 0.632. The van der Waals surface area contributed by atoms with Gasteiger partial charge in [-0.15, -0.1) is 0 Å². The topological polar surface area (TPSA) is 41.6 Å². The highest BCUT2D eigenvalue weighted by Gasteiger charge is 2.26. The van der Waals surface area contributed by atoms with Crippen LogP contribution < -0.4 is 10.1 Å². The Hall–Kier alpha value is -1.20. The van der Waals surface area contributed by atoms with E-state index in [0.29, 0.717) is 24.3 Å². The second-order valence-corrected chi connectivity index (χ2v) is 7.92. The van der Waals surface area contributed by atoms with Crippen LogP contribution in [0.15, 0.2) is 24.3 Å². The van der Waals surface area contributed by atoms with E-state index in [1.165, 1.54) is 11.3 Å². The average molecular weight is 349 g/mol. The van der Waals surface area contributed by atoms with Crippen LogP contribution in [0.4, 0.5) is 0 Å². The van der Waals surface area contributed by atoms with Crippen LogP contribution in [0.1, 0.15) is 24.8 Å². The summed E-state index contributed by atoms with van der Waals surface area (Å²) < 4.78 is 5.46. The van der Waals surface area contributed by atoms with Crippen LogP contribution in [-0.4, -0.2) is 55.1 Å². The summed E-state index contributed by atoms with van der Waals surface area (Å²) in [5.41, 5.74) is 1.29. The number of likely N-dealkylation sites (tertiary alicyclic amines) is 1. The predicted octanol–water partition coefficient (Wildman–Crippen LogP) is 2.57. The summed E-state index contributed by atoms with van der Waals surface area (Å²) in [5, 5.41) is 3.46. The van der Waals surface area contributed by atoms with Crippen molar-refractivity contribution in [1.29, 1.82) is 0 Å². The number of benzene rings is 1. The number of hydrogen-bond donors (Lipinski definition) is 1. The molecule has 5 heteroatoms. The van der Waals surface area contributed by atoms with E-state index in [1.54, 1.807) is 7.11 Å². The third-order valence-corrected chi connectivity index (χ3v) is 6.22. The Balaban J connectivity index is 1.46. The lowest BCUT2D eigenvalue weighted by Crippen LogP contribution is -2.45. The number of piperidine rings is 1. The van der Waals surface area contributed by atoms with Gasteiger partial charge >= 0.3 is 0 Å². The van der Waals surface area contributed by atoms with Crippen LogP contribution in [-0.2, 0) is 11.2 Å². The maximum atomic E-state index is 12.5. The molecule has 132 valence electrons. The van der Waals surface area contributed by atoms with Crippen LogP contribution in [0.3, 0.4) is 0 Å². The molecule has 0 spiro atoms. The monoisotopic (exact) mass is 348 g/mol. The smallest absolute Gasteiger partial charge is 0.224 e. The lowest BCUT2D eigenvalue weighted by Gasteiger charge is -2.33. The number of nitrogens with one attached hydrogen (secondary N) is 1. The molecule has 1 aromatic carbocycles. The summed E-state index contributed by atoms with van der Waals surface area (Å²) in [6.45, 7) is 2.83. The number of amides is 1. The molecule has 0 aliphatic carbocycles. The van der Waals surface area contributed by atoms with Gasteiger partial charge in [0, 0.05) is 43.6 Å². The minimum Gasteiger partial charge on any atom is -0.496 e. The van der Waals surface area contributed by atoms with Crippen LogP contribution in [0.5, 0.6) is 5.75 Å². The molecule has 0 radical (unpaired) electrons. The summed E-state index contributed by atoms with van der Waals surface area (Å²) in [5.74, 6) is 4.19. The van der Waals surface area contributed by atoms with Crippen LogP contribution >= 0.6 is 11.8 Å². The van der Waals surface area contributed by atoms with Gasteiger partial charge in [0.05, 0.1) is 7.11 Å². The molecule has 1 unspecified atom stereocenters. The van der Waals surface area contributed by atoms with Gasteiger partial charge in [-0.25, -0.2) is 0 Å². The fourth-order valence-corrected chi connectivity index (χ4v) is 4.61. The lowest BCUT2D eigenvalue weighted by molar-refractivity contribution is -0.133. The van der Waals surface area contributed by atoms with Crippen molar-refractivity contribution in [2.75, 3.05) is 38.2 Å². The third kappa shape index (κ3) is 4.67. The number of methoxy groups -OCH3 is 1. The van der Waals surface area contributed by atoms with Crippen molar-refractivity contribution in [2.45, 2.75) is 31.7 Å². The van der Waals surface area contributed by atoms with Gasteiger partial charge in [-0.3, -0.25) is 4.79 Å². The molecule has 2 saturated heterocycles. The molecular weight excluding hydrogens is 320 g/mol. The van der Waals surface area contributed by atoms with E-state index in [0.717, 1.165) is 50.4 Å². The molecule has 1 amide bonds. The first-order chi connectivity index (χ1) is 11.8. The molecule has 2 heterocycles. The highest BCUT2D eigenvalue weighted by molar-refractivity contribution is 7.99. The van der Waals surface area contributed by atoms with Crippen molar-refractivity contribution in [1.82, 2.24) is 10.2 Å². The summed E-state index contributed by atoms with van der Waals surface area (Å²) in [7, 11) is 1.73.